The molecule has 0 unspecified atom stereocenters. The van der Waals surface area contributed by atoms with E-state index in [0.29, 0.717) is 6.42 Å². The molecule has 4 N–H and O–H groups in total. The van der Waals surface area contributed by atoms with Crippen LogP contribution in [0.15, 0.2) is 35.4 Å². The lowest BCUT2D eigenvalue weighted by Crippen LogP contribution is -2.63. The molecule has 1 aliphatic heterocycles. The van der Waals surface area contributed by atoms with Crippen molar-refractivity contribution in [3.63, 3.8) is 0 Å². The van der Waals surface area contributed by atoms with Crippen molar-refractivity contribution >= 4 is 0 Å². The third-order valence-corrected chi connectivity index (χ3v) is 7.02. The highest BCUT2D eigenvalue weighted by Crippen LogP contribution is 2.31. The van der Waals surface area contributed by atoms with E-state index in [0.717, 1.165) is 19.4 Å². The Labute approximate surface area is 196 Å². The zero-order valence-corrected chi connectivity index (χ0v) is 19.9. The number of nitrogens with zero attached hydrogens (tertiary/aromatic N) is 4. The summed E-state index contributed by atoms with van der Waals surface area (Å²) in [6.07, 6.45) is -0.757. The normalized spacial score (nSPS) is 35.7. The van der Waals surface area contributed by atoms with E-state index in [4.69, 9.17) is 25.5 Å². The summed E-state index contributed by atoms with van der Waals surface area (Å²) >= 11 is 0. The minimum absolute atomic E-state index is 0.0589. The lowest BCUT2D eigenvalue weighted by atomic mass is 9.83. The van der Waals surface area contributed by atoms with Crippen LogP contribution in [-0.2, 0) is 14.2 Å². The fourth-order valence-electron chi connectivity index (χ4n) is 4.88. The van der Waals surface area contributed by atoms with E-state index in [1.807, 2.05) is 18.2 Å². The molecule has 3 rings (SSSR count). The van der Waals surface area contributed by atoms with Crippen LogP contribution in [0.4, 0.5) is 0 Å². The first-order valence-electron chi connectivity index (χ1n) is 11.6. The number of hydrogen-bond donors (Lipinski definition) is 3. The molecule has 9 atom stereocenters. The quantitative estimate of drug-likeness (QED) is 0.290. The first-order chi connectivity index (χ1) is 15.9. The fraction of sp³-hybridized carbons (Fsp3) is 0.739. The standard InChI is InChI=1S/C23H38N6O4/c1-14(15-8-6-5-7-9-15)29(3)13-16-10-11-17(24)23(32-16)33-22-18(27-28-25)12-19(31-4)20(26-2)21(22)30/h5-9,14,16-23,26,30H,10-13,24H2,1-4H3/t14-,16+,17-,18+,19+,20-,21-,22-,23-/m0/s1. The molecule has 184 valence electrons. The maximum absolute atomic E-state index is 11.0. The van der Waals surface area contributed by atoms with Crippen LogP contribution in [0.5, 0.6) is 0 Å². The van der Waals surface area contributed by atoms with Crippen molar-refractivity contribution in [2.75, 3.05) is 27.7 Å². The van der Waals surface area contributed by atoms with Gasteiger partial charge in [-0.15, -0.1) is 0 Å². The van der Waals surface area contributed by atoms with E-state index < -0.39 is 24.5 Å². The number of benzene rings is 1. The van der Waals surface area contributed by atoms with E-state index in [2.05, 4.69) is 46.3 Å². The Kier molecular flexibility index (Phi) is 9.48. The smallest absolute Gasteiger partial charge is 0.173 e. The number of ether oxygens (including phenoxy) is 3. The van der Waals surface area contributed by atoms with Gasteiger partial charge in [-0.2, -0.15) is 0 Å². The summed E-state index contributed by atoms with van der Waals surface area (Å²) in [6, 6.07) is 9.30. The number of nitrogens with one attached hydrogen (secondary N) is 1. The number of hydrogen-bond acceptors (Lipinski definition) is 8. The Morgan fingerprint density at radius 2 is 2.09 bits per heavy atom. The van der Waals surface area contributed by atoms with Crippen molar-refractivity contribution in [3.05, 3.63) is 46.3 Å². The second kappa shape index (κ2) is 12.1. The zero-order chi connectivity index (χ0) is 24.0. The topological polar surface area (TPSA) is 138 Å². The summed E-state index contributed by atoms with van der Waals surface area (Å²) in [5.74, 6) is 0. The summed E-state index contributed by atoms with van der Waals surface area (Å²) in [5.41, 5.74) is 16.6. The molecule has 1 heterocycles. The summed E-state index contributed by atoms with van der Waals surface area (Å²) in [6.45, 7) is 2.89. The molecule has 0 spiro atoms. The van der Waals surface area contributed by atoms with E-state index >= 15 is 0 Å². The van der Waals surface area contributed by atoms with Crippen LogP contribution >= 0.6 is 0 Å². The first-order valence-corrected chi connectivity index (χ1v) is 11.6. The Bertz CT molecular complexity index is 779. The molecule has 2 fully saturated rings. The van der Waals surface area contributed by atoms with Crippen LogP contribution < -0.4 is 11.1 Å². The minimum atomic E-state index is -0.943. The van der Waals surface area contributed by atoms with Gasteiger partial charge in [-0.05, 0) is 51.4 Å². The second-order valence-corrected chi connectivity index (χ2v) is 9.08. The van der Waals surface area contributed by atoms with Gasteiger partial charge in [0.2, 0.25) is 0 Å². The highest BCUT2D eigenvalue weighted by Gasteiger charge is 2.46. The van der Waals surface area contributed by atoms with Crippen LogP contribution in [0, 0.1) is 0 Å². The molecule has 0 radical (unpaired) electrons. The van der Waals surface area contributed by atoms with E-state index in [1.165, 1.54) is 5.56 Å². The Morgan fingerprint density at radius 1 is 1.36 bits per heavy atom. The van der Waals surface area contributed by atoms with Gasteiger partial charge in [0.15, 0.2) is 6.29 Å². The van der Waals surface area contributed by atoms with Crippen LogP contribution in [0.3, 0.4) is 0 Å². The zero-order valence-electron chi connectivity index (χ0n) is 19.9. The lowest BCUT2D eigenvalue weighted by molar-refractivity contribution is -0.252. The molecule has 1 saturated heterocycles. The third-order valence-electron chi connectivity index (χ3n) is 7.02. The molecule has 0 aromatic heterocycles. The van der Waals surface area contributed by atoms with Crippen molar-refractivity contribution in [1.82, 2.24) is 10.2 Å². The molecule has 0 amide bonds. The number of methoxy groups -OCH3 is 1. The largest absolute Gasteiger partial charge is 0.389 e. The maximum atomic E-state index is 11.0. The molecule has 2 aliphatic rings. The van der Waals surface area contributed by atoms with E-state index in [1.54, 1.807) is 14.2 Å². The van der Waals surface area contributed by atoms with Gasteiger partial charge in [0.05, 0.1) is 42.5 Å². The lowest BCUT2D eigenvalue weighted by Gasteiger charge is -2.45. The summed E-state index contributed by atoms with van der Waals surface area (Å²) < 4.78 is 18.0. The van der Waals surface area contributed by atoms with Crippen molar-refractivity contribution in [1.29, 1.82) is 0 Å². The van der Waals surface area contributed by atoms with Crippen LogP contribution in [0.2, 0.25) is 0 Å². The van der Waals surface area contributed by atoms with Gasteiger partial charge in [-0.3, -0.25) is 4.90 Å². The molecule has 0 bridgehead atoms. The van der Waals surface area contributed by atoms with E-state index in [9.17, 15) is 5.11 Å². The minimum Gasteiger partial charge on any atom is -0.389 e. The van der Waals surface area contributed by atoms with Gasteiger partial charge in [0, 0.05) is 24.6 Å². The molecule has 10 nitrogen and oxygen atoms in total. The summed E-state index contributed by atoms with van der Waals surface area (Å²) in [4.78, 5) is 5.21. The molecule has 10 heteroatoms. The predicted molar refractivity (Wildman–Crippen MR) is 125 cm³/mol. The Hall–Kier alpha value is -1.75. The van der Waals surface area contributed by atoms with Crippen molar-refractivity contribution in [3.8, 4) is 0 Å². The van der Waals surface area contributed by atoms with E-state index in [-0.39, 0.29) is 30.3 Å². The number of azide groups is 1. The Morgan fingerprint density at radius 3 is 2.73 bits per heavy atom. The predicted octanol–water partition coefficient (Wildman–Crippen LogP) is 1.94. The van der Waals surface area contributed by atoms with Gasteiger partial charge in [-0.25, -0.2) is 0 Å². The van der Waals surface area contributed by atoms with Gasteiger partial charge < -0.3 is 30.4 Å². The highest BCUT2D eigenvalue weighted by molar-refractivity contribution is 5.18. The number of aliphatic hydroxyl groups excluding tert-OH is 1. The van der Waals surface area contributed by atoms with Gasteiger partial charge in [0.25, 0.3) is 0 Å². The van der Waals surface area contributed by atoms with Gasteiger partial charge >= 0.3 is 0 Å². The average Bonchev–Trinajstić information content (AvgIpc) is 2.83. The maximum Gasteiger partial charge on any atom is 0.173 e. The number of rotatable bonds is 9. The summed E-state index contributed by atoms with van der Waals surface area (Å²) in [7, 11) is 5.41. The van der Waals surface area contributed by atoms with Crippen LogP contribution in [0.1, 0.15) is 37.8 Å². The fourth-order valence-corrected chi connectivity index (χ4v) is 4.88. The monoisotopic (exact) mass is 462 g/mol. The van der Waals surface area contributed by atoms with Crippen molar-refractivity contribution in [2.24, 2.45) is 10.8 Å². The van der Waals surface area contributed by atoms with Crippen LogP contribution in [0.25, 0.3) is 10.4 Å². The van der Waals surface area contributed by atoms with Gasteiger partial charge in [0.1, 0.15) is 0 Å². The molecule has 1 aromatic carbocycles. The molecular weight excluding hydrogens is 424 g/mol. The Balaban J connectivity index is 1.67. The SMILES string of the molecule is CN[C@@H]1[C@H](O)[C@@H](O[C@@H]2O[C@@H](CN(C)[C@@H](C)c3ccccc3)CC[C@@H]2N)[C@H](N=[N+]=[N-])C[C@H]1OC. The van der Waals surface area contributed by atoms with Crippen molar-refractivity contribution in [2.45, 2.75) is 81.1 Å². The molecule has 1 saturated carbocycles. The molecule has 1 aromatic rings. The molecular formula is C23H38N6O4. The average molecular weight is 463 g/mol. The first kappa shape index (κ1) is 25.9. The summed E-state index contributed by atoms with van der Waals surface area (Å²) in [5, 5.41) is 18.0. The molecule has 1 aliphatic carbocycles. The van der Waals surface area contributed by atoms with Gasteiger partial charge in [-0.1, -0.05) is 35.4 Å². The number of nitrogens with two attached hydrogens (primary N) is 1. The number of aliphatic hydroxyl groups is 1. The van der Waals surface area contributed by atoms with Crippen molar-refractivity contribution < 1.29 is 19.3 Å². The number of likely N-dealkylation sites (N-methyl/N-ethyl adjacent to an activating group) is 2. The third kappa shape index (κ3) is 6.23. The second-order valence-electron chi connectivity index (χ2n) is 9.08. The van der Waals surface area contributed by atoms with Crippen LogP contribution in [-0.4, -0.2) is 86.6 Å². The molecule has 33 heavy (non-hydrogen) atoms. The highest BCUT2D eigenvalue weighted by atomic mass is 16.7.